The highest BCUT2D eigenvalue weighted by Gasteiger charge is 2.29. The van der Waals surface area contributed by atoms with Gasteiger partial charge in [-0.2, -0.15) is 5.10 Å². The summed E-state index contributed by atoms with van der Waals surface area (Å²) in [6, 6.07) is 5.97. The minimum Gasteiger partial charge on any atom is -0.486 e. The fourth-order valence-corrected chi connectivity index (χ4v) is 3.52. The van der Waals surface area contributed by atoms with E-state index in [9.17, 15) is 4.79 Å². The fraction of sp³-hybridized carbons (Fsp3) is 0.500. The molecule has 3 heterocycles. The first kappa shape index (κ1) is 15.9. The molecule has 0 radical (unpaired) electrons. The number of aromatic nitrogens is 3. The number of nitrogens with zero attached hydrogens (tertiary/aromatic N) is 4. The summed E-state index contributed by atoms with van der Waals surface area (Å²) in [5, 5.41) is 4.22. The van der Waals surface area contributed by atoms with Gasteiger partial charge in [0.2, 0.25) is 5.91 Å². The molecule has 2 aliphatic rings. The lowest BCUT2D eigenvalue weighted by molar-refractivity contribution is -0.134. The van der Waals surface area contributed by atoms with E-state index >= 15 is 0 Å². The van der Waals surface area contributed by atoms with E-state index in [1.165, 1.54) is 0 Å². The molecule has 1 aromatic heterocycles. The van der Waals surface area contributed by atoms with Gasteiger partial charge in [0.25, 0.3) is 0 Å². The van der Waals surface area contributed by atoms with Crippen molar-refractivity contribution in [2.24, 2.45) is 0 Å². The zero-order valence-corrected chi connectivity index (χ0v) is 14.3. The average Bonchev–Trinajstić information content (AvgIpc) is 3.21. The number of carbonyl (C=O) groups excluding carboxylic acids is 1. The molecule has 7 heteroatoms. The van der Waals surface area contributed by atoms with Crippen molar-refractivity contribution in [2.45, 2.75) is 31.7 Å². The molecular weight excluding hydrogens is 320 g/mol. The summed E-state index contributed by atoms with van der Waals surface area (Å²) >= 11 is 0. The van der Waals surface area contributed by atoms with Crippen molar-refractivity contribution >= 4 is 5.91 Å². The SMILES string of the molecule is C[C@H](C(=O)N1CCC[C@H](n2cncn2)C1)c1ccc2c(c1)OCCO2. The smallest absolute Gasteiger partial charge is 0.229 e. The Balaban J connectivity index is 1.48. The van der Waals surface area contributed by atoms with E-state index < -0.39 is 0 Å². The second-order valence-corrected chi connectivity index (χ2v) is 6.58. The van der Waals surface area contributed by atoms with Gasteiger partial charge in [-0.05, 0) is 37.5 Å². The molecule has 0 bridgehead atoms. The second-order valence-electron chi connectivity index (χ2n) is 6.58. The predicted octanol–water partition coefficient (Wildman–Crippen LogP) is 2.02. The Labute approximate surface area is 146 Å². The summed E-state index contributed by atoms with van der Waals surface area (Å²) in [5.74, 6) is 1.40. The Morgan fingerprint density at radius 2 is 2.12 bits per heavy atom. The molecule has 1 aromatic carbocycles. The van der Waals surface area contributed by atoms with Crippen LogP contribution in [0.4, 0.5) is 0 Å². The van der Waals surface area contributed by atoms with Crippen LogP contribution in [0.25, 0.3) is 0 Å². The van der Waals surface area contributed by atoms with Crippen LogP contribution >= 0.6 is 0 Å². The molecule has 0 saturated carbocycles. The van der Waals surface area contributed by atoms with E-state index in [1.807, 2.05) is 34.7 Å². The number of piperidine rings is 1. The van der Waals surface area contributed by atoms with Crippen molar-refractivity contribution in [3.63, 3.8) is 0 Å². The van der Waals surface area contributed by atoms with Gasteiger partial charge in [0.15, 0.2) is 11.5 Å². The van der Waals surface area contributed by atoms with Crippen LogP contribution < -0.4 is 9.47 Å². The highest BCUT2D eigenvalue weighted by molar-refractivity contribution is 5.83. The first-order valence-corrected chi connectivity index (χ1v) is 8.75. The number of fused-ring (bicyclic) bond motifs is 1. The van der Waals surface area contributed by atoms with Crippen LogP contribution in [-0.2, 0) is 4.79 Å². The lowest BCUT2D eigenvalue weighted by Gasteiger charge is -2.34. The van der Waals surface area contributed by atoms with Gasteiger partial charge in [0, 0.05) is 13.1 Å². The molecule has 2 atom stereocenters. The molecule has 7 nitrogen and oxygen atoms in total. The van der Waals surface area contributed by atoms with E-state index in [0.717, 1.165) is 36.4 Å². The van der Waals surface area contributed by atoms with Gasteiger partial charge in [-0.25, -0.2) is 9.67 Å². The van der Waals surface area contributed by atoms with Crippen LogP contribution in [-0.4, -0.2) is 51.9 Å². The van der Waals surface area contributed by atoms with Gasteiger partial charge in [-0.3, -0.25) is 4.79 Å². The third-order valence-corrected chi connectivity index (χ3v) is 4.96. The molecule has 0 N–H and O–H groups in total. The summed E-state index contributed by atoms with van der Waals surface area (Å²) < 4.78 is 13.0. The molecule has 132 valence electrons. The summed E-state index contributed by atoms with van der Waals surface area (Å²) in [7, 11) is 0. The fourth-order valence-electron chi connectivity index (χ4n) is 3.52. The molecule has 1 saturated heterocycles. The first-order valence-electron chi connectivity index (χ1n) is 8.75. The molecular formula is C18H22N4O3. The van der Waals surface area contributed by atoms with Gasteiger partial charge < -0.3 is 14.4 Å². The lowest BCUT2D eigenvalue weighted by atomic mass is 9.97. The molecule has 2 aromatic rings. The van der Waals surface area contributed by atoms with Crippen LogP contribution in [0.3, 0.4) is 0 Å². The molecule has 2 aliphatic heterocycles. The zero-order valence-electron chi connectivity index (χ0n) is 14.3. The second kappa shape index (κ2) is 6.74. The molecule has 1 fully saturated rings. The van der Waals surface area contributed by atoms with E-state index in [0.29, 0.717) is 19.8 Å². The molecule has 0 unspecified atom stereocenters. The first-order chi connectivity index (χ1) is 12.2. The minimum atomic E-state index is -0.217. The largest absolute Gasteiger partial charge is 0.486 e. The van der Waals surface area contributed by atoms with Crippen LogP contribution in [0.1, 0.15) is 37.3 Å². The maximum atomic E-state index is 13.0. The number of amides is 1. The van der Waals surface area contributed by atoms with E-state index in [1.54, 1.807) is 12.7 Å². The van der Waals surface area contributed by atoms with Gasteiger partial charge >= 0.3 is 0 Å². The summed E-state index contributed by atoms with van der Waals surface area (Å²) in [6.07, 6.45) is 5.26. The highest BCUT2D eigenvalue weighted by atomic mass is 16.6. The number of ether oxygens (including phenoxy) is 2. The number of benzene rings is 1. The number of hydrogen-bond donors (Lipinski definition) is 0. The Bertz CT molecular complexity index is 747. The maximum absolute atomic E-state index is 13.0. The number of rotatable bonds is 3. The molecule has 0 aliphatic carbocycles. The average molecular weight is 342 g/mol. The van der Waals surface area contributed by atoms with Crippen LogP contribution in [0.15, 0.2) is 30.9 Å². The zero-order chi connectivity index (χ0) is 17.2. The van der Waals surface area contributed by atoms with E-state index in [4.69, 9.17) is 9.47 Å². The minimum absolute atomic E-state index is 0.140. The highest BCUT2D eigenvalue weighted by Crippen LogP contribution is 2.34. The van der Waals surface area contributed by atoms with E-state index in [-0.39, 0.29) is 17.9 Å². The molecule has 1 amide bonds. The van der Waals surface area contributed by atoms with Crippen molar-refractivity contribution in [2.75, 3.05) is 26.3 Å². The Morgan fingerprint density at radius 3 is 2.92 bits per heavy atom. The van der Waals surface area contributed by atoms with Crippen LogP contribution in [0.2, 0.25) is 0 Å². The number of carbonyl (C=O) groups is 1. The summed E-state index contributed by atoms with van der Waals surface area (Å²) in [6.45, 7) is 4.53. The Hall–Kier alpha value is -2.57. The summed E-state index contributed by atoms with van der Waals surface area (Å²) in [4.78, 5) is 18.9. The maximum Gasteiger partial charge on any atom is 0.229 e. The van der Waals surface area contributed by atoms with Gasteiger partial charge in [-0.15, -0.1) is 0 Å². The number of likely N-dealkylation sites (tertiary alicyclic amines) is 1. The topological polar surface area (TPSA) is 69.5 Å². The van der Waals surface area contributed by atoms with Crippen molar-refractivity contribution < 1.29 is 14.3 Å². The Morgan fingerprint density at radius 1 is 1.28 bits per heavy atom. The van der Waals surface area contributed by atoms with Crippen molar-refractivity contribution in [3.05, 3.63) is 36.4 Å². The normalized spacial score (nSPS) is 21.0. The number of hydrogen-bond acceptors (Lipinski definition) is 5. The lowest BCUT2D eigenvalue weighted by Crippen LogP contribution is -2.42. The standard InChI is InChI=1S/C18H22N4O3/c1-13(14-4-5-16-17(9-14)25-8-7-24-16)18(23)21-6-2-3-15(10-21)22-12-19-11-20-22/h4-5,9,11-13,15H,2-3,6-8,10H2,1H3/t13-,15-/m0/s1. The molecule has 25 heavy (non-hydrogen) atoms. The molecule has 4 rings (SSSR count). The van der Waals surface area contributed by atoms with Crippen molar-refractivity contribution in [3.8, 4) is 11.5 Å². The quantitative estimate of drug-likeness (QED) is 0.853. The van der Waals surface area contributed by atoms with Gasteiger partial charge in [0.05, 0.1) is 12.0 Å². The van der Waals surface area contributed by atoms with Crippen molar-refractivity contribution in [1.29, 1.82) is 0 Å². The molecule has 0 spiro atoms. The van der Waals surface area contributed by atoms with Crippen LogP contribution in [0.5, 0.6) is 11.5 Å². The monoisotopic (exact) mass is 342 g/mol. The van der Waals surface area contributed by atoms with Crippen LogP contribution in [0, 0.1) is 0 Å². The Kier molecular flexibility index (Phi) is 4.29. The summed E-state index contributed by atoms with van der Waals surface area (Å²) in [5.41, 5.74) is 0.956. The van der Waals surface area contributed by atoms with Gasteiger partial charge in [0.1, 0.15) is 25.9 Å². The van der Waals surface area contributed by atoms with Gasteiger partial charge in [-0.1, -0.05) is 6.07 Å². The van der Waals surface area contributed by atoms with E-state index in [2.05, 4.69) is 10.1 Å². The van der Waals surface area contributed by atoms with Crippen molar-refractivity contribution in [1.82, 2.24) is 19.7 Å². The predicted molar refractivity (Wildman–Crippen MR) is 90.7 cm³/mol. The third kappa shape index (κ3) is 3.18. The third-order valence-electron chi connectivity index (χ3n) is 4.96.